The molecule has 0 bridgehead atoms. The van der Waals surface area contributed by atoms with Crippen LogP contribution in [0.3, 0.4) is 0 Å². The highest BCUT2D eigenvalue weighted by Gasteiger charge is 1.98. The van der Waals surface area contributed by atoms with E-state index in [2.05, 4.69) is 28.2 Å². The molecule has 0 radical (unpaired) electrons. The molecule has 0 saturated carbocycles. The Kier molecular flexibility index (Phi) is 4.25. The highest BCUT2D eigenvalue weighted by molar-refractivity contribution is 9.10. The van der Waals surface area contributed by atoms with Crippen LogP contribution >= 0.6 is 15.9 Å². The van der Waals surface area contributed by atoms with E-state index in [1.807, 2.05) is 24.3 Å². The van der Waals surface area contributed by atoms with E-state index >= 15 is 0 Å². The van der Waals surface area contributed by atoms with E-state index in [0.717, 1.165) is 23.1 Å². The van der Waals surface area contributed by atoms with Crippen molar-refractivity contribution in [2.24, 2.45) is 5.73 Å². The summed E-state index contributed by atoms with van der Waals surface area (Å²) in [6.45, 7) is 2.92. The van der Waals surface area contributed by atoms with Crippen LogP contribution in [-0.2, 0) is 0 Å². The Labute approximate surface area is 87.6 Å². The zero-order valence-corrected chi connectivity index (χ0v) is 9.34. The Morgan fingerprint density at radius 3 is 2.92 bits per heavy atom. The van der Waals surface area contributed by atoms with E-state index in [1.54, 1.807) is 0 Å². The summed E-state index contributed by atoms with van der Waals surface area (Å²) in [6, 6.07) is 8.32. The molecular formula is C10H15BrN2. The summed E-state index contributed by atoms with van der Waals surface area (Å²) >= 11 is 3.41. The first kappa shape index (κ1) is 10.5. The van der Waals surface area contributed by atoms with Gasteiger partial charge in [-0.15, -0.1) is 0 Å². The third kappa shape index (κ3) is 3.79. The lowest BCUT2D eigenvalue weighted by molar-refractivity contribution is 0.679. The van der Waals surface area contributed by atoms with Gasteiger partial charge in [0.2, 0.25) is 0 Å². The Bertz CT molecular complexity index is 263. The lowest BCUT2D eigenvalue weighted by Crippen LogP contribution is -2.27. The summed E-state index contributed by atoms with van der Waals surface area (Å²) in [4.78, 5) is 0. The molecule has 1 unspecified atom stereocenters. The normalized spacial score (nSPS) is 12.5. The number of rotatable bonds is 4. The molecule has 0 saturated heterocycles. The summed E-state index contributed by atoms with van der Waals surface area (Å²) in [5.41, 5.74) is 6.89. The monoisotopic (exact) mass is 242 g/mol. The molecule has 1 atom stereocenters. The van der Waals surface area contributed by atoms with E-state index in [9.17, 15) is 0 Å². The van der Waals surface area contributed by atoms with E-state index in [1.165, 1.54) is 0 Å². The molecule has 0 aromatic heterocycles. The van der Waals surface area contributed by atoms with Crippen molar-refractivity contribution in [3.63, 3.8) is 0 Å². The molecule has 0 heterocycles. The summed E-state index contributed by atoms with van der Waals surface area (Å²) in [5.74, 6) is 0. The molecule has 2 nitrogen and oxygen atoms in total. The van der Waals surface area contributed by atoms with Crippen molar-refractivity contribution in [3.8, 4) is 0 Å². The molecule has 3 N–H and O–H groups in total. The van der Waals surface area contributed by atoms with Crippen LogP contribution in [0.2, 0.25) is 0 Å². The maximum atomic E-state index is 5.78. The number of benzene rings is 1. The molecule has 0 fully saturated rings. The van der Waals surface area contributed by atoms with Gasteiger partial charge in [0.1, 0.15) is 0 Å². The van der Waals surface area contributed by atoms with Crippen LogP contribution < -0.4 is 11.1 Å². The van der Waals surface area contributed by atoms with Gasteiger partial charge in [-0.1, -0.05) is 28.9 Å². The first-order chi connectivity index (χ1) is 6.22. The third-order valence-corrected chi connectivity index (χ3v) is 2.41. The number of hydrogen-bond donors (Lipinski definition) is 2. The first-order valence-electron chi connectivity index (χ1n) is 4.47. The Morgan fingerprint density at radius 1 is 1.54 bits per heavy atom. The van der Waals surface area contributed by atoms with Crippen LogP contribution in [-0.4, -0.2) is 12.6 Å². The van der Waals surface area contributed by atoms with Gasteiger partial charge < -0.3 is 11.1 Å². The van der Waals surface area contributed by atoms with Crippen LogP contribution in [0.15, 0.2) is 28.7 Å². The molecule has 72 valence electrons. The zero-order valence-electron chi connectivity index (χ0n) is 7.76. The maximum absolute atomic E-state index is 5.78. The quantitative estimate of drug-likeness (QED) is 0.852. The smallest absolute Gasteiger partial charge is 0.0352 e. The van der Waals surface area contributed by atoms with Crippen molar-refractivity contribution in [1.29, 1.82) is 0 Å². The third-order valence-electron chi connectivity index (χ3n) is 1.92. The Balaban J connectivity index is 2.45. The first-order valence-corrected chi connectivity index (χ1v) is 5.26. The largest absolute Gasteiger partial charge is 0.383 e. The molecule has 13 heavy (non-hydrogen) atoms. The molecule has 0 amide bonds. The fourth-order valence-electron chi connectivity index (χ4n) is 0.992. The molecule has 1 aromatic carbocycles. The molecule has 0 aliphatic heterocycles. The zero-order chi connectivity index (χ0) is 9.68. The summed E-state index contributed by atoms with van der Waals surface area (Å²) in [7, 11) is 0. The molecular weight excluding hydrogens is 228 g/mol. The van der Waals surface area contributed by atoms with Gasteiger partial charge in [0.15, 0.2) is 0 Å². The predicted molar refractivity (Wildman–Crippen MR) is 60.9 cm³/mol. The number of nitrogens with two attached hydrogens (primary N) is 1. The second-order valence-corrected chi connectivity index (χ2v) is 3.98. The molecule has 0 aliphatic carbocycles. The summed E-state index contributed by atoms with van der Waals surface area (Å²) in [5, 5.41) is 3.28. The van der Waals surface area contributed by atoms with Crippen molar-refractivity contribution in [2.75, 3.05) is 11.9 Å². The standard InChI is InChI=1S/C10H15BrN2/c1-2-9(12)7-13-10-5-3-4-8(11)6-10/h3-6,9,13H,2,7,12H2,1H3. The minimum atomic E-state index is 0.235. The Hall–Kier alpha value is -0.540. The SMILES string of the molecule is CCC(N)CNc1cccc(Br)c1. The van der Waals surface area contributed by atoms with Crippen LogP contribution in [0, 0.1) is 0 Å². The average molecular weight is 243 g/mol. The van der Waals surface area contributed by atoms with Crippen LogP contribution in [0.1, 0.15) is 13.3 Å². The molecule has 1 aromatic rings. The predicted octanol–water partition coefficient (Wildman–Crippen LogP) is 2.60. The fourth-order valence-corrected chi connectivity index (χ4v) is 1.39. The lowest BCUT2D eigenvalue weighted by Gasteiger charge is -2.11. The molecule has 0 spiro atoms. The van der Waals surface area contributed by atoms with Gasteiger partial charge in [-0.2, -0.15) is 0 Å². The van der Waals surface area contributed by atoms with E-state index in [4.69, 9.17) is 5.73 Å². The minimum Gasteiger partial charge on any atom is -0.383 e. The summed E-state index contributed by atoms with van der Waals surface area (Å²) < 4.78 is 1.09. The number of anilines is 1. The topological polar surface area (TPSA) is 38.0 Å². The van der Waals surface area contributed by atoms with Crippen molar-refractivity contribution in [1.82, 2.24) is 0 Å². The van der Waals surface area contributed by atoms with Gasteiger partial charge in [0.25, 0.3) is 0 Å². The van der Waals surface area contributed by atoms with E-state index in [0.29, 0.717) is 0 Å². The van der Waals surface area contributed by atoms with Crippen LogP contribution in [0.25, 0.3) is 0 Å². The Morgan fingerprint density at radius 2 is 2.31 bits per heavy atom. The average Bonchev–Trinajstić information content (AvgIpc) is 2.14. The number of halogens is 1. The second-order valence-electron chi connectivity index (χ2n) is 3.06. The van der Waals surface area contributed by atoms with Gasteiger partial charge in [-0.05, 0) is 24.6 Å². The van der Waals surface area contributed by atoms with Gasteiger partial charge in [-0.3, -0.25) is 0 Å². The van der Waals surface area contributed by atoms with Crippen molar-refractivity contribution in [2.45, 2.75) is 19.4 Å². The van der Waals surface area contributed by atoms with Crippen molar-refractivity contribution in [3.05, 3.63) is 28.7 Å². The second kappa shape index (κ2) is 5.25. The van der Waals surface area contributed by atoms with Gasteiger partial charge in [0.05, 0.1) is 0 Å². The van der Waals surface area contributed by atoms with Gasteiger partial charge in [0, 0.05) is 22.7 Å². The van der Waals surface area contributed by atoms with Crippen molar-refractivity contribution < 1.29 is 0 Å². The van der Waals surface area contributed by atoms with Crippen LogP contribution in [0.4, 0.5) is 5.69 Å². The van der Waals surface area contributed by atoms with E-state index < -0.39 is 0 Å². The highest BCUT2D eigenvalue weighted by Crippen LogP contribution is 2.15. The lowest BCUT2D eigenvalue weighted by atomic mass is 10.2. The highest BCUT2D eigenvalue weighted by atomic mass is 79.9. The summed E-state index contributed by atoms with van der Waals surface area (Å²) in [6.07, 6.45) is 1.00. The van der Waals surface area contributed by atoms with Crippen molar-refractivity contribution >= 4 is 21.6 Å². The van der Waals surface area contributed by atoms with Crippen LogP contribution in [0.5, 0.6) is 0 Å². The van der Waals surface area contributed by atoms with E-state index in [-0.39, 0.29) is 6.04 Å². The number of nitrogens with one attached hydrogen (secondary N) is 1. The fraction of sp³-hybridized carbons (Fsp3) is 0.400. The minimum absolute atomic E-state index is 0.235. The molecule has 3 heteroatoms. The molecule has 0 aliphatic rings. The van der Waals surface area contributed by atoms with Gasteiger partial charge >= 0.3 is 0 Å². The number of hydrogen-bond acceptors (Lipinski definition) is 2. The molecule has 1 rings (SSSR count). The van der Waals surface area contributed by atoms with Gasteiger partial charge in [-0.25, -0.2) is 0 Å². The maximum Gasteiger partial charge on any atom is 0.0352 e.